The smallest absolute Gasteiger partial charge is 0.274 e. The molecule has 4 N–H and O–H groups in total. The number of primary sulfonamides is 1. The Morgan fingerprint density at radius 1 is 0.771 bits per heavy atom. The molecule has 1 aromatic heterocycles. The van der Waals surface area contributed by atoms with Gasteiger partial charge < -0.3 is 10.6 Å². The predicted molar refractivity (Wildman–Crippen MR) is 138 cm³/mol. The summed E-state index contributed by atoms with van der Waals surface area (Å²) in [5.74, 6) is -0.822. The molecule has 0 saturated carbocycles. The van der Waals surface area contributed by atoms with E-state index in [2.05, 4.69) is 31.5 Å². The summed E-state index contributed by atoms with van der Waals surface area (Å²) in [6.45, 7) is 0. The van der Waals surface area contributed by atoms with Gasteiger partial charge >= 0.3 is 0 Å². The summed E-state index contributed by atoms with van der Waals surface area (Å²) in [6.07, 6.45) is 1.52. The molecule has 2 amide bonds. The number of halogens is 1. The van der Waals surface area contributed by atoms with E-state index in [1.165, 1.54) is 12.3 Å². The summed E-state index contributed by atoms with van der Waals surface area (Å²) in [5.41, 5.74) is 2.43. The van der Waals surface area contributed by atoms with Gasteiger partial charge in [-0.3, -0.25) is 9.59 Å². The van der Waals surface area contributed by atoms with Crippen LogP contribution in [0.3, 0.4) is 0 Å². The van der Waals surface area contributed by atoms with Crippen LogP contribution in [0.25, 0.3) is 11.1 Å². The Morgan fingerprint density at radius 2 is 1.37 bits per heavy atom. The van der Waals surface area contributed by atoms with Crippen LogP contribution < -0.4 is 15.8 Å². The number of hydrogen-bond acceptors (Lipinski definition) is 5. The van der Waals surface area contributed by atoms with Crippen molar-refractivity contribution in [3.05, 3.63) is 107 Å². The van der Waals surface area contributed by atoms with E-state index >= 15 is 0 Å². The number of rotatable bonds is 6. The molecule has 0 aliphatic rings. The highest BCUT2D eigenvalue weighted by Gasteiger charge is 2.16. The lowest BCUT2D eigenvalue weighted by Gasteiger charge is -2.13. The molecule has 10 heteroatoms. The maximum absolute atomic E-state index is 12.9. The van der Waals surface area contributed by atoms with Crippen LogP contribution in [0.2, 0.25) is 0 Å². The van der Waals surface area contributed by atoms with Crippen LogP contribution >= 0.6 is 15.9 Å². The highest BCUT2D eigenvalue weighted by Crippen LogP contribution is 2.27. The van der Waals surface area contributed by atoms with Crippen LogP contribution in [-0.4, -0.2) is 25.2 Å². The Kier molecular flexibility index (Phi) is 7.06. The first kappa shape index (κ1) is 24.3. The molecule has 0 spiro atoms. The van der Waals surface area contributed by atoms with E-state index in [4.69, 9.17) is 5.14 Å². The van der Waals surface area contributed by atoms with Crippen LogP contribution in [0, 0.1) is 0 Å². The minimum absolute atomic E-state index is 0.00198. The quantitative estimate of drug-likeness (QED) is 0.321. The zero-order valence-electron chi connectivity index (χ0n) is 18.1. The van der Waals surface area contributed by atoms with Gasteiger partial charge in [0.2, 0.25) is 10.0 Å². The second-order valence-electron chi connectivity index (χ2n) is 7.43. The first-order valence-electron chi connectivity index (χ1n) is 10.3. The van der Waals surface area contributed by atoms with Gasteiger partial charge in [0, 0.05) is 21.8 Å². The van der Waals surface area contributed by atoms with Crippen molar-refractivity contribution >= 4 is 49.1 Å². The number of aromatic nitrogens is 1. The third-order valence-corrected chi connectivity index (χ3v) is 6.47. The lowest BCUT2D eigenvalue weighted by molar-refractivity contribution is 0.101. The van der Waals surface area contributed by atoms with Crippen LogP contribution in [-0.2, 0) is 10.0 Å². The van der Waals surface area contributed by atoms with Crippen LogP contribution in [0.4, 0.5) is 11.4 Å². The first-order valence-corrected chi connectivity index (χ1v) is 12.6. The standard InChI is InChI=1S/C25H19BrN4O4S/c26-18-13-14-22(28-15-18)25(32)30-21-7-3-2-6-20(21)29-24(31)17-11-9-16(10-12-17)19-5-1-4-8-23(19)35(27,33)34/h1-15H,(H,29,31)(H,30,32)(H2,27,33,34). The van der Waals surface area contributed by atoms with Crippen molar-refractivity contribution in [3.63, 3.8) is 0 Å². The van der Waals surface area contributed by atoms with Gasteiger partial charge in [-0.15, -0.1) is 0 Å². The lowest BCUT2D eigenvalue weighted by Crippen LogP contribution is -2.17. The minimum Gasteiger partial charge on any atom is -0.320 e. The third-order valence-electron chi connectivity index (χ3n) is 5.04. The number of carbonyl (C=O) groups excluding carboxylic acids is 2. The van der Waals surface area contributed by atoms with E-state index in [-0.39, 0.29) is 10.6 Å². The minimum atomic E-state index is -3.91. The maximum atomic E-state index is 12.9. The summed E-state index contributed by atoms with van der Waals surface area (Å²) in [5, 5.41) is 10.9. The zero-order valence-corrected chi connectivity index (χ0v) is 20.5. The van der Waals surface area contributed by atoms with Gasteiger partial charge in [0.25, 0.3) is 11.8 Å². The normalized spacial score (nSPS) is 11.0. The molecule has 4 rings (SSSR count). The topological polar surface area (TPSA) is 131 Å². The molecule has 0 bridgehead atoms. The molecule has 0 atom stereocenters. The van der Waals surface area contributed by atoms with Gasteiger partial charge in [-0.05, 0) is 64.0 Å². The Bertz CT molecular complexity index is 1510. The van der Waals surface area contributed by atoms with Crippen molar-refractivity contribution in [1.82, 2.24) is 4.98 Å². The summed E-state index contributed by atoms with van der Waals surface area (Å²) in [7, 11) is -3.91. The van der Waals surface area contributed by atoms with Gasteiger partial charge in [0.1, 0.15) is 5.69 Å². The third kappa shape index (κ3) is 5.80. The molecular weight excluding hydrogens is 532 g/mol. The van der Waals surface area contributed by atoms with E-state index in [1.807, 2.05) is 0 Å². The zero-order chi connectivity index (χ0) is 25.0. The number of nitrogens with two attached hydrogens (primary N) is 1. The summed E-state index contributed by atoms with van der Waals surface area (Å²) in [6, 6.07) is 22.9. The number of carbonyl (C=O) groups is 2. The van der Waals surface area contributed by atoms with Crippen molar-refractivity contribution in [2.45, 2.75) is 4.90 Å². The number of anilines is 2. The van der Waals surface area contributed by atoms with Gasteiger partial charge in [0.05, 0.1) is 16.3 Å². The molecule has 176 valence electrons. The molecule has 0 saturated heterocycles. The molecule has 4 aromatic rings. The van der Waals surface area contributed by atoms with Crippen molar-refractivity contribution in [2.24, 2.45) is 5.14 Å². The van der Waals surface area contributed by atoms with Gasteiger partial charge in [0.15, 0.2) is 0 Å². The molecule has 8 nitrogen and oxygen atoms in total. The molecule has 0 unspecified atom stereocenters. The summed E-state index contributed by atoms with van der Waals surface area (Å²) < 4.78 is 24.5. The van der Waals surface area contributed by atoms with Crippen LogP contribution in [0.5, 0.6) is 0 Å². The molecule has 0 aliphatic carbocycles. The maximum Gasteiger partial charge on any atom is 0.274 e. The molecular formula is C25H19BrN4O4S. The molecule has 0 fully saturated rings. The van der Waals surface area contributed by atoms with Gasteiger partial charge in [-0.2, -0.15) is 0 Å². The van der Waals surface area contributed by atoms with Gasteiger partial charge in [-0.25, -0.2) is 18.5 Å². The molecule has 0 aliphatic heterocycles. The Morgan fingerprint density at radius 3 is 1.97 bits per heavy atom. The van der Waals surface area contributed by atoms with E-state index in [0.717, 1.165) is 4.47 Å². The van der Waals surface area contributed by atoms with Crippen LogP contribution in [0.1, 0.15) is 20.8 Å². The first-order chi connectivity index (χ1) is 16.7. The number of benzene rings is 3. The lowest BCUT2D eigenvalue weighted by atomic mass is 10.0. The fourth-order valence-corrected chi connectivity index (χ4v) is 4.34. The van der Waals surface area contributed by atoms with Crippen LogP contribution in [0.15, 0.2) is 100 Å². The average molecular weight is 551 g/mol. The number of para-hydroxylation sites is 2. The fraction of sp³-hybridized carbons (Fsp3) is 0. The SMILES string of the molecule is NS(=O)(=O)c1ccccc1-c1ccc(C(=O)Nc2ccccc2NC(=O)c2ccc(Br)cn2)cc1. The second-order valence-corrected chi connectivity index (χ2v) is 9.88. The number of nitrogens with zero attached hydrogens (tertiary/aromatic N) is 1. The number of nitrogens with one attached hydrogen (secondary N) is 2. The molecule has 0 radical (unpaired) electrons. The largest absolute Gasteiger partial charge is 0.320 e. The van der Waals surface area contributed by atoms with E-state index in [9.17, 15) is 18.0 Å². The van der Waals surface area contributed by atoms with Gasteiger partial charge in [-0.1, -0.05) is 42.5 Å². The highest BCUT2D eigenvalue weighted by molar-refractivity contribution is 9.10. The van der Waals surface area contributed by atoms with E-state index in [1.54, 1.807) is 78.9 Å². The summed E-state index contributed by atoms with van der Waals surface area (Å²) in [4.78, 5) is 29.5. The van der Waals surface area contributed by atoms with Crippen molar-refractivity contribution in [1.29, 1.82) is 0 Å². The van der Waals surface area contributed by atoms with Crippen molar-refractivity contribution < 1.29 is 18.0 Å². The number of sulfonamides is 1. The molecule has 3 aromatic carbocycles. The predicted octanol–water partition coefficient (Wildman–Crippen LogP) is 4.66. The van der Waals surface area contributed by atoms with Crippen molar-refractivity contribution in [3.8, 4) is 11.1 Å². The van der Waals surface area contributed by atoms with E-state index < -0.39 is 21.8 Å². The highest BCUT2D eigenvalue weighted by atomic mass is 79.9. The Hall–Kier alpha value is -3.86. The Labute approximate surface area is 210 Å². The van der Waals surface area contributed by atoms with Crippen molar-refractivity contribution in [2.75, 3.05) is 10.6 Å². The fourth-order valence-electron chi connectivity index (χ4n) is 3.35. The number of hydrogen-bond donors (Lipinski definition) is 3. The summed E-state index contributed by atoms with van der Waals surface area (Å²) >= 11 is 3.28. The number of pyridine rings is 1. The second kappa shape index (κ2) is 10.2. The van der Waals surface area contributed by atoms with E-state index in [0.29, 0.717) is 28.1 Å². The Balaban J connectivity index is 1.52. The number of amides is 2. The molecule has 1 heterocycles. The average Bonchev–Trinajstić information content (AvgIpc) is 2.85. The molecule has 35 heavy (non-hydrogen) atoms. The monoisotopic (exact) mass is 550 g/mol.